The summed E-state index contributed by atoms with van der Waals surface area (Å²) in [6, 6.07) is 26.9. The zero-order valence-electron chi connectivity index (χ0n) is 22.3. The predicted molar refractivity (Wildman–Crippen MR) is 156 cm³/mol. The highest BCUT2D eigenvalue weighted by atomic mass is 16.5. The number of aromatic hydroxyl groups is 2. The Balaban J connectivity index is 1.27. The van der Waals surface area contributed by atoms with Gasteiger partial charge in [0.25, 0.3) is 0 Å². The molecule has 0 heterocycles. The fourth-order valence-corrected chi connectivity index (χ4v) is 8.33. The molecule has 8 rings (SSSR count). The van der Waals surface area contributed by atoms with E-state index in [2.05, 4.69) is 36.4 Å². The van der Waals surface area contributed by atoms with Gasteiger partial charge in [0, 0.05) is 34.1 Å². The van der Waals surface area contributed by atoms with Crippen LogP contribution in [0.1, 0.15) is 49.7 Å². The largest absolute Gasteiger partial charge is 0.506 e. The Morgan fingerprint density at radius 1 is 0.600 bits per heavy atom. The lowest BCUT2D eigenvalue weighted by Gasteiger charge is -2.63. The van der Waals surface area contributed by atoms with Gasteiger partial charge in [-0.1, -0.05) is 36.4 Å². The third-order valence-corrected chi connectivity index (χ3v) is 9.43. The molecule has 6 N–H and O–H groups in total. The molecule has 4 saturated carbocycles. The molecule has 6 nitrogen and oxygen atoms in total. The Kier molecular flexibility index (Phi) is 5.63. The Bertz CT molecular complexity index is 1470. The molecule has 4 fully saturated rings. The average molecular weight is 535 g/mol. The summed E-state index contributed by atoms with van der Waals surface area (Å²) in [5, 5.41) is 19.8. The maximum Gasteiger partial charge on any atom is 0.138 e. The van der Waals surface area contributed by atoms with E-state index in [1.54, 1.807) is 36.4 Å². The van der Waals surface area contributed by atoms with E-state index in [1.165, 1.54) is 17.5 Å². The van der Waals surface area contributed by atoms with Crippen LogP contribution in [-0.4, -0.2) is 10.2 Å². The van der Waals surface area contributed by atoms with E-state index in [9.17, 15) is 10.2 Å². The van der Waals surface area contributed by atoms with Crippen molar-refractivity contribution < 1.29 is 19.7 Å². The van der Waals surface area contributed by atoms with Gasteiger partial charge >= 0.3 is 0 Å². The fraction of sp³-hybridized carbons (Fsp3) is 0.294. The number of nitrogen functional groups attached to an aromatic ring is 2. The van der Waals surface area contributed by atoms with Crippen LogP contribution in [0.15, 0.2) is 84.9 Å². The third kappa shape index (κ3) is 4.10. The highest BCUT2D eigenvalue weighted by molar-refractivity contribution is 5.58. The number of hydrogen-bond donors (Lipinski definition) is 4. The molecular weight excluding hydrogens is 500 g/mol. The summed E-state index contributed by atoms with van der Waals surface area (Å²) < 4.78 is 12.9. The van der Waals surface area contributed by atoms with Crippen LogP contribution in [0.4, 0.5) is 11.4 Å². The molecule has 0 unspecified atom stereocenters. The number of phenolic OH excluding ortho intramolecular Hbond substituents is 2. The van der Waals surface area contributed by atoms with Crippen molar-refractivity contribution in [3.63, 3.8) is 0 Å². The third-order valence-electron chi connectivity index (χ3n) is 9.43. The van der Waals surface area contributed by atoms with Crippen LogP contribution in [-0.2, 0) is 10.8 Å². The maximum atomic E-state index is 9.89. The predicted octanol–water partition coefficient (Wildman–Crippen LogP) is 7.64. The van der Waals surface area contributed by atoms with Crippen LogP contribution in [0.3, 0.4) is 0 Å². The molecule has 0 radical (unpaired) electrons. The van der Waals surface area contributed by atoms with Crippen LogP contribution in [0, 0.1) is 11.8 Å². The van der Waals surface area contributed by atoms with E-state index < -0.39 is 0 Å². The quantitative estimate of drug-likeness (QED) is 0.149. The van der Waals surface area contributed by atoms with Gasteiger partial charge < -0.3 is 31.2 Å². The lowest BCUT2D eigenvalue weighted by Crippen LogP contribution is -2.56. The van der Waals surface area contributed by atoms with Gasteiger partial charge in [0.1, 0.15) is 34.5 Å². The van der Waals surface area contributed by atoms with Crippen LogP contribution in [0.5, 0.6) is 34.5 Å². The molecule has 4 aliphatic rings. The first-order chi connectivity index (χ1) is 19.3. The minimum Gasteiger partial charge on any atom is -0.506 e. The van der Waals surface area contributed by atoms with Crippen molar-refractivity contribution in [1.29, 1.82) is 0 Å². The molecule has 0 aromatic heterocycles. The molecule has 4 bridgehead atoms. The lowest BCUT2D eigenvalue weighted by atomic mass is 9.41. The topological polar surface area (TPSA) is 111 Å². The molecule has 6 heteroatoms. The molecule has 0 aliphatic heterocycles. The van der Waals surface area contributed by atoms with Gasteiger partial charge in [-0.2, -0.15) is 0 Å². The summed E-state index contributed by atoms with van der Waals surface area (Å²) >= 11 is 0. The molecule has 4 aliphatic carbocycles. The Hall–Kier alpha value is -4.32. The van der Waals surface area contributed by atoms with Gasteiger partial charge in [0.2, 0.25) is 0 Å². The second-order valence-electron chi connectivity index (χ2n) is 12.2. The number of hydrogen-bond acceptors (Lipinski definition) is 6. The zero-order chi connectivity index (χ0) is 27.5. The molecule has 204 valence electrons. The van der Waals surface area contributed by atoms with Gasteiger partial charge in [-0.3, -0.25) is 0 Å². The number of anilines is 2. The molecule has 4 aromatic carbocycles. The molecule has 4 aromatic rings. The van der Waals surface area contributed by atoms with E-state index in [1.807, 2.05) is 12.1 Å². The molecule has 0 atom stereocenters. The monoisotopic (exact) mass is 534 g/mol. The fourth-order valence-electron chi connectivity index (χ4n) is 8.33. The van der Waals surface area contributed by atoms with Crippen LogP contribution >= 0.6 is 0 Å². The number of benzene rings is 4. The van der Waals surface area contributed by atoms with E-state index in [0.717, 1.165) is 43.6 Å². The summed E-state index contributed by atoms with van der Waals surface area (Å²) in [7, 11) is 0. The van der Waals surface area contributed by atoms with E-state index in [-0.39, 0.29) is 22.3 Å². The number of para-hydroxylation sites is 2. The first-order valence-corrected chi connectivity index (χ1v) is 14.0. The van der Waals surface area contributed by atoms with Crippen molar-refractivity contribution >= 4 is 11.4 Å². The molecule has 0 spiro atoms. The number of nitrogens with two attached hydrogens (primary N) is 2. The summed E-state index contributed by atoms with van der Waals surface area (Å²) in [6.45, 7) is 0. The van der Waals surface area contributed by atoms with Crippen molar-refractivity contribution in [1.82, 2.24) is 0 Å². The highest BCUT2D eigenvalue weighted by Gasteiger charge is 2.59. The first kappa shape index (κ1) is 24.7. The van der Waals surface area contributed by atoms with Crippen molar-refractivity contribution in [2.45, 2.75) is 49.4 Å². The van der Waals surface area contributed by atoms with E-state index in [4.69, 9.17) is 20.9 Å². The summed E-state index contributed by atoms with van der Waals surface area (Å²) in [5.74, 6) is 4.33. The standard InChI is InChI=1S/C34H34N2O4/c35-27-14-23(9-11-29(27)37)39-31-7-3-1-5-25(31)33-16-21-13-22(17-33)19-34(18-21,20-33)26-6-2-4-8-32(26)40-24-10-12-30(38)28(36)15-24/h1-12,14-15,21-22,37-38H,13,16-20,35-36H2. The Morgan fingerprint density at radius 3 is 1.45 bits per heavy atom. The summed E-state index contributed by atoms with van der Waals surface area (Å²) in [4.78, 5) is 0. The van der Waals surface area contributed by atoms with Gasteiger partial charge in [-0.25, -0.2) is 0 Å². The number of rotatable bonds is 6. The van der Waals surface area contributed by atoms with Crippen molar-refractivity contribution in [2.24, 2.45) is 11.8 Å². The zero-order valence-corrected chi connectivity index (χ0v) is 22.3. The van der Waals surface area contributed by atoms with E-state index >= 15 is 0 Å². The van der Waals surface area contributed by atoms with Crippen molar-refractivity contribution in [3.8, 4) is 34.5 Å². The van der Waals surface area contributed by atoms with Gasteiger partial charge in [-0.05, 0) is 86.8 Å². The summed E-state index contributed by atoms with van der Waals surface area (Å²) in [6.07, 6.45) is 6.92. The maximum absolute atomic E-state index is 9.89. The number of phenols is 2. The van der Waals surface area contributed by atoms with E-state index in [0.29, 0.717) is 34.7 Å². The molecule has 0 amide bonds. The smallest absolute Gasteiger partial charge is 0.138 e. The normalized spacial score (nSPS) is 26.5. The van der Waals surface area contributed by atoms with Crippen molar-refractivity contribution in [3.05, 3.63) is 96.1 Å². The molecule has 0 saturated heterocycles. The lowest BCUT2D eigenvalue weighted by molar-refractivity contribution is -0.0294. The molecular formula is C34H34N2O4. The van der Waals surface area contributed by atoms with Crippen LogP contribution in [0.2, 0.25) is 0 Å². The Labute approximate surface area is 234 Å². The first-order valence-electron chi connectivity index (χ1n) is 14.0. The van der Waals surface area contributed by atoms with Crippen molar-refractivity contribution in [2.75, 3.05) is 11.5 Å². The van der Waals surface area contributed by atoms with Crippen LogP contribution in [0.25, 0.3) is 0 Å². The SMILES string of the molecule is Nc1cc(Oc2ccccc2C23CC4CC(C2)CC(c2ccccc2Oc2ccc(O)c(N)c2)(C4)C3)ccc1O. The number of ether oxygens (including phenoxy) is 2. The summed E-state index contributed by atoms with van der Waals surface area (Å²) in [5.41, 5.74) is 15.0. The minimum absolute atomic E-state index is 0.000777. The van der Waals surface area contributed by atoms with Gasteiger partial charge in [-0.15, -0.1) is 0 Å². The minimum atomic E-state index is -0.000777. The second-order valence-corrected chi connectivity index (χ2v) is 12.2. The second kappa shape index (κ2) is 9.12. The molecule has 40 heavy (non-hydrogen) atoms. The average Bonchev–Trinajstić information content (AvgIpc) is 2.93. The Morgan fingerprint density at radius 2 is 1.02 bits per heavy atom. The van der Waals surface area contributed by atoms with Gasteiger partial charge in [0.05, 0.1) is 11.4 Å². The highest BCUT2D eigenvalue weighted by Crippen LogP contribution is 2.68. The van der Waals surface area contributed by atoms with Gasteiger partial charge in [0.15, 0.2) is 0 Å². The van der Waals surface area contributed by atoms with Crippen LogP contribution < -0.4 is 20.9 Å².